The zero-order valence-corrected chi connectivity index (χ0v) is 12.4. The molecule has 0 spiro atoms. The van der Waals surface area contributed by atoms with Gasteiger partial charge in [-0.2, -0.15) is 0 Å². The minimum atomic E-state index is 0.448. The van der Waals surface area contributed by atoms with Crippen LogP contribution in [0.2, 0.25) is 0 Å². The normalized spacial score (nSPS) is 18.0. The van der Waals surface area contributed by atoms with Crippen molar-refractivity contribution in [2.75, 3.05) is 25.1 Å². The molecule has 3 aromatic rings. The average Bonchev–Trinajstić information content (AvgIpc) is 3.23. The number of H-pyrrole nitrogens is 1. The van der Waals surface area contributed by atoms with Crippen molar-refractivity contribution in [2.45, 2.75) is 12.3 Å². The zero-order valence-electron chi connectivity index (χ0n) is 12.4. The monoisotopic (exact) mass is 295 g/mol. The van der Waals surface area contributed by atoms with Crippen molar-refractivity contribution in [3.8, 4) is 5.75 Å². The Bertz CT molecular complexity index is 800. The van der Waals surface area contributed by atoms with E-state index in [-0.39, 0.29) is 0 Å². The number of ether oxygens (including phenoxy) is 1. The first-order valence-electron chi connectivity index (χ1n) is 7.39. The van der Waals surface area contributed by atoms with Gasteiger partial charge in [-0.05, 0) is 18.1 Å². The number of anilines is 1. The molecular weight excluding hydrogens is 278 g/mol. The molecule has 1 fully saturated rings. The Balaban J connectivity index is 1.64. The van der Waals surface area contributed by atoms with Crippen molar-refractivity contribution in [3.63, 3.8) is 0 Å². The van der Waals surface area contributed by atoms with Crippen molar-refractivity contribution in [3.05, 3.63) is 42.5 Å². The van der Waals surface area contributed by atoms with Gasteiger partial charge in [0.15, 0.2) is 11.5 Å². The molecule has 1 N–H and O–H groups in total. The molecule has 112 valence electrons. The molecule has 1 aliphatic heterocycles. The fraction of sp³-hybridized carbons (Fsp3) is 0.312. The summed E-state index contributed by atoms with van der Waals surface area (Å²) in [6, 6.07) is 8.25. The van der Waals surface area contributed by atoms with Crippen LogP contribution in [0.4, 0.5) is 5.82 Å². The number of aromatic amines is 1. The van der Waals surface area contributed by atoms with Gasteiger partial charge in [-0.15, -0.1) is 0 Å². The summed E-state index contributed by atoms with van der Waals surface area (Å²) < 4.78 is 5.50. The Kier molecular flexibility index (Phi) is 3.14. The highest BCUT2D eigenvalue weighted by molar-refractivity contribution is 5.82. The Labute approximate surface area is 128 Å². The maximum absolute atomic E-state index is 5.50. The van der Waals surface area contributed by atoms with E-state index in [1.807, 2.05) is 12.1 Å². The minimum Gasteiger partial charge on any atom is -0.496 e. The summed E-state index contributed by atoms with van der Waals surface area (Å²) in [6.45, 7) is 1.89. The van der Waals surface area contributed by atoms with Crippen LogP contribution in [0.5, 0.6) is 5.75 Å². The van der Waals surface area contributed by atoms with Gasteiger partial charge in [0.2, 0.25) is 0 Å². The van der Waals surface area contributed by atoms with E-state index in [0.717, 1.165) is 36.6 Å². The first-order valence-corrected chi connectivity index (χ1v) is 7.39. The summed E-state index contributed by atoms with van der Waals surface area (Å²) in [4.78, 5) is 18.3. The molecule has 22 heavy (non-hydrogen) atoms. The van der Waals surface area contributed by atoms with Crippen molar-refractivity contribution < 1.29 is 4.74 Å². The first-order chi connectivity index (χ1) is 10.9. The van der Waals surface area contributed by atoms with Crippen LogP contribution in [0.3, 0.4) is 0 Å². The van der Waals surface area contributed by atoms with Gasteiger partial charge < -0.3 is 14.6 Å². The van der Waals surface area contributed by atoms with Gasteiger partial charge in [-0.1, -0.05) is 18.2 Å². The lowest BCUT2D eigenvalue weighted by molar-refractivity contribution is 0.406. The van der Waals surface area contributed by atoms with E-state index in [1.165, 1.54) is 5.56 Å². The van der Waals surface area contributed by atoms with E-state index in [2.05, 4.69) is 37.0 Å². The molecule has 6 nitrogen and oxygen atoms in total. The number of hydrogen-bond acceptors (Lipinski definition) is 5. The second-order valence-corrected chi connectivity index (χ2v) is 5.47. The molecule has 4 rings (SSSR count). The summed E-state index contributed by atoms with van der Waals surface area (Å²) in [7, 11) is 1.73. The highest BCUT2D eigenvalue weighted by atomic mass is 16.5. The van der Waals surface area contributed by atoms with Crippen LogP contribution >= 0.6 is 0 Å². The number of para-hydroxylation sites is 1. The van der Waals surface area contributed by atoms with Gasteiger partial charge in [0, 0.05) is 19.0 Å². The van der Waals surface area contributed by atoms with Crippen LogP contribution in [-0.4, -0.2) is 40.1 Å². The summed E-state index contributed by atoms with van der Waals surface area (Å²) in [5.74, 6) is 2.34. The quantitative estimate of drug-likeness (QED) is 0.803. The van der Waals surface area contributed by atoms with Gasteiger partial charge in [-0.25, -0.2) is 15.0 Å². The largest absolute Gasteiger partial charge is 0.496 e. The summed E-state index contributed by atoms with van der Waals surface area (Å²) >= 11 is 0. The lowest BCUT2D eigenvalue weighted by atomic mass is 9.97. The number of nitrogens with zero attached hydrogens (tertiary/aromatic N) is 4. The number of imidazole rings is 1. The Morgan fingerprint density at radius 3 is 3.05 bits per heavy atom. The molecule has 1 aliphatic rings. The number of rotatable bonds is 3. The van der Waals surface area contributed by atoms with Crippen LogP contribution in [-0.2, 0) is 0 Å². The fourth-order valence-electron chi connectivity index (χ4n) is 3.20. The van der Waals surface area contributed by atoms with Crippen LogP contribution in [0.1, 0.15) is 17.9 Å². The summed E-state index contributed by atoms with van der Waals surface area (Å²) in [6.07, 6.45) is 4.32. The van der Waals surface area contributed by atoms with E-state index >= 15 is 0 Å². The Morgan fingerprint density at radius 1 is 1.23 bits per heavy atom. The highest BCUT2D eigenvalue weighted by Crippen LogP contribution is 2.35. The molecule has 0 saturated carbocycles. The zero-order chi connectivity index (χ0) is 14.9. The third-order valence-electron chi connectivity index (χ3n) is 4.27. The molecule has 2 aromatic heterocycles. The maximum atomic E-state index is 5.50. The second-order valence-electron chi connectivity index (χ2n) is 5.47. The molecule has 0 radical (unpaired) electrons. The van der Waals surface area contributed by atoms with Gasteiger partial charge >= 0.3 is 0 Å². The smallest absolute Gasteiger partial charge is 0.182 e. The lowest BCUT2D eigenvalue weighted by Crippen LogP contribution is -2.21. The van der Waals surface area contributed by atoms with Crippen molar-refractivity contribution in [1.29, 1.82) is 0 Å². The van der Waals surface area contributed by atoms with E-state index in [1.54, 1.807) is 19.8 Å². The van der Waals surface area contributed by atoms with Gasteiger partial charge in [0.1, 0.15) is 17.6 Å². The molecular formula is C16H17N5O. The molecule has 1 saturated heterocycles. The minimum absolute atomic E-state index is 0.448. The van der Waals surface area contributed by atoms with E-state index in [9.17, 15) is 0 Å². The van der Waals surface area contributed by atoms with Crippen molar-refractivity contribution >= 4 is 17.0 Å². The lowest BCUT2D eigenvalue weighted by Gasteiger charge is -2.18. The van der Waals surface area contributed by atoms with Gasteiger partial charge in [0.05, 0.1) is 13.4 Å². The highest BCUT2D eigenvalue weighted by Gasteiger charge is 2.28. The fourth-order valence-corrected chi connectivity index (χ4v) is 3.20. The van der Waals surface area contributed by atoms with Gasteiger partial charge in [0.25, 0.3) is 0 Å². The molecule has 0 bridgehead atoms. The molecule has 1 aromatic carbocycles. The molecule has 6 heteroatoms. The molecule has 1 atom stereocenters. The van der Waals surface area contributed by atoms with Crippen LogP contribution in [0.15, 0.2) is 36.9 Å². The molecule has 3 heterocycles. The molecule has 0 amide bonds. The number of aromatic nitrogens is 4. The molecule has 0 aliphatic carbocycles. The summed E-state index contributed by atoms with van der Waals surface area (Å²) in [5.41, 5.74) is 2.89. The summed E-state index contributed by atoms with van der Waals surface area (Å²) in [5, 5.41) is 0. The predicted octanol–water partition coefficient (Wildman–Crippen LogP) is 2.36. The average molecular weight is 295 g/mol. The third kappa shape index (κ3) is 2.07. The van der Waals surface area contributed by atoms with Crippen molar-refractivity contribution in [1.82, 2.24) is 19.9 Å². The number of benzene rings is 1. The van der Waals surface area contributed by atoms with Gasteiger partial charge in [-0.3, -0.25) is 0 Å². The number of nitrogens with one attached hydrogen (secondary N) is 1. The van der Waals surface area contributed by atoms with E-state index < -0.39 is 0 Å². The SMILES string of the molecule is COc1ccccc1C1CCN(c2ncnc3nc[nH]c23)C1. The third-order valence-corrected chi connectivity index (χ3v) is 4.27. The number of methoxy groups -OCH3 is 1. The standard InChI is InChI=1S/C16H17N5O/c1-22-13-5-3-2-4-12(13)11-6-7-21(8-11)16-14-15(18-9-17-14)19-10-20-16/h2-5,9-11H,6-8H2,1H3,(H,17,18,19,20). The van der Waals surface area contributed by atoms with Crippen LogP contribution in [0.25, 0.3) is 11.2 Å². The Hall–Kier alpha value is -2.63. The Morgan fingerprint density at radius 2 is 2.14 bits per heavy atom. The number of hydrogen-bond donors (Lipinski definition) is 1. The topological polar surface area (TPSA) is 66.9 Å². The van der Waals surface area contributed by atoms with Crippen molar-refractivity contribution in [2.24, 2.45) is 0 Å². The maximum Gasteiger partial charge on any atom is 0.182 e. The second kappa shape index (κ2) is 5.29. The van der Waals surface area contributed by atoms with E-state index in [4.69, 9.17) is 4.74 Å². The van der Waals surface area contributed by atoms with Crippen LogP contribution < -0.4 is 9.64 Å². The number of fused-ring (bicyclic) bond motifs is 1. The molecule has 1 unspecified atom stereocenters. The van der Waals surface area contributed by atoms with Crippen LogP contribution in [0, 0.1) is 0 Å². The first kappa shape index (κ1) is 13.1. The predicted molar refractivity (Wildman–Crippen MR) is 84.2 cm³/mol. The van der Waals surface area contributed by atoms with E-state index in [0.29, 0.717) is 11.6 Å².